The Kier molecular flexibility index (Phi) is 7.82. The molecule has 3 N–H and O–H groups in total. The van der Waals surface area contributed by atoms with Crippen LogP contribution < -0.4 is 15.8 Å². The Morgan fingerprint density at radius 3 is 2.21 bits per heavy atom. The molecule has 0 heterocycles. The van der Waals surface area contributed by atoms with Crippen LogP contribution in [0.1, 0.15) is 19.4 Å². The number of hydrogen-bond donors (Lipinski definition) is 2. The summed E-state index contributed by atoms with van der Waals surface area (Å²) >= 11 is 5.79. The number of nitrogen functional groups attached to an aromatic ring is 1. The van der Waals surface area contributed by atoms with Crippen LogP contribution in [0.15, 0.2) is 36.4 Å². The molecule has 0 aliphatic heterocycles. The van der Waals surface area contributed by atoms with E-state index in [-0.39, 0.29) is 36.6 Å². The van der Waals surface area contributed by atoms with Crippen LogP contribution in [-0.4, -0.2) is 19.5 Å². The molecule has 0 fully saturated rings. The standard InChI is InChI=1S/C18H21ClF3N2O4P/c1-3-26-29(25,27-4-2)11-24-16-10-17(14(9-15(16)23)18(20,21)22)28-13-7-5-12(19)6-8-13/h5-10,24H,3-4,11,23H2,1-2H3. The van der Waals surface area contributed by atoms with E-state index in [1.54, 1.807) is 13.8 Å². The number of halogens is 4. The first kappa shape index (κ1) is 23.3. The normalized spacial score (nSPS) is 12.1. The van der Waals surface area contributed by atoms with Crippen molar-refractivity contribution in [3.05, 3.63) is 47.0 Å². The van der Waals surface area contributed by atoms with Gasteiger partial charge in [0, 0.05) is 11.1 Å². The number of nitrogens with two attached hydrogens (primary N) is 1. The number of hydrogen-bond acceptors (Lipinski definition) is 6. The predicted octanol–water partition coefficient (Wildman–Crippen LogP) is 6.37. The molecule has 2 aromatic rings. The molecule has 0 radical (unpaired) electrons. The van der Waals surface area contributed by atoms with Crippen molar-refractivity contribution in [3.8, 4) is 11.5 Å². The van der Waals surface area contributed by atoms with E-state index >= 15 is 0 Å². The highest BCUT2D eigenvalue weighted by atomic mass is 35.5. The minimum Gasteiger partial charge on any atom is -0.457 e. The Labute approximate surface area is 171 Å². The lowest BCUT2D eigenvalue weighted by atomic mass is 10.1. The van der Waals surface area contributed by atoms with Crippen molar-refractivity contribution in [2.75, 3.05) is 30.6 Å². The zero-order valence-electron chi connectivity index (χ0n) is 15.8. The summed E-state index contributed by atoms with van der Waals surface area (Å²) < 4.78 is 68.6. The zero-order chi connectivity index (χ0) is 21.7. The average Bonchev–Trinajstić information content (AvgIpc) is 2.63. The second kappa shape index (κ2) is 9.71. The van der Waals surface area contributed by atoms with Gasteiger partial charge in [0.15, 0.2) is 0 Å². The maximum absolute atomic E-state index is 13.4. The molecule has 0 aromatic heterocycles. The predicted molar refractivity (Wildman–Crippen MR) is 107 cm³/mol. The molecule has 0 saturated carbocycles. The topological polar surface area (TPSA) is 82.8 Å². The summed E-state index contributed by atoms with van der Waals surface area (Å²) in [4.78, 5) is 0. The third kappa shape index (κ3) is 6.54. The fourth-order valence-corrected chi connectivity index (χ4v) is 3.92. The third-order valence-electron chi connectivity index (χ3n) is 3.61. The number of ether oxygens (including phenoxy) is 1. The summed E-state index contributed by atoms with van der Waals surface area (Å²) in [6.07, 6.45) is -4.97. The highest BCUT2D eigenvalue weighted by Crippen LogP contribution is 2.48. The number of nitrogens with one attached hydrogen (secondary N) is 1. The molecule has 2 aromatic carbocycles. The van der Waals surface area contributed by atoms with E-state index in [9.17, 15) is 17.7 Å². The van der Waals surface area contributed by atoms with Crippen LogP contribution in [0.5, 0.6) is 11.5 Å². The molecule has 6 nitrogen and oxygen atoms in total. The average molecular weight is 453 g/mol. The summed E-state index contributed by atoms with van der Waals surface area (Å²) in [6, 6.07) is 7.69. The Hall–Kier alpha value is -1.93. The largest absolute Gasteiger partial charge is 0.457 e. The minimum atomic E-state index is -4.69. The first-order valence-corrected chi connectivity index (χ1v) is 10.7. The maximum Gasteiger partial charge on any atom is 0.420 e. The van der Waals surface area contributed by atoms with Crippen LogP contribution in [0.4, 0.5) is 24.5 Å². The molecule has 0 bridgehead atoms. The third-order valence-corrected chi connectivity index (χ3v) is 5.71. The number of anilines is 2. The van der Waals surface area contributed by atoms with Gasteiger partial charge in [0.1, 0.15) is 23.3 Å². The summed E-state index contributed by atoms with van der Waals surface area (Å²) in [7, 11) is -3.48. The summed E-state index contributed by atoms with van der Waals surface area (Å²) in [5, 5.41) is 3.14. The van der Waals surface area contributed by atoms with Gasteiger partial charge < -0.3 is 24.8 Å². The van der Waals surface area contributed by atoms with Crippen molar-refractivity contribution < 1.29 is 31.5 Å². The van der Waals surface area contributed by atoms with Gasteiger partial charge in [-0.3, -0.25) is 4.57 Å². The lowest BCUT2D eigenvalue weighted by molar-refractivity contribution is -0.138. The van der Waals surface area contributed by atoms with Gasteiger partial charge in [-0.05, 0) is 44.2 Å². The van der Waals surface area contributed by atoms with Gasteiger partial charge in [0.25, 0.3) is 0 Å². The van der Waals surface area contributed by atoms with Crippen LogP contribution in [0.25, 0.3) is 0 Å². The molecule has 160 valence electrons. The lowest BCUT2D eigenvalue weighted by Gasteiger charge is -2.20. The molecule has 0 unspecified atom stereocenters. The zero-order valence-corrected chi connectivity index (χ0v) is 17.4. The number of benzene rings is 2. The molecule has 0 aliphatic rings. The summed E-state index contributed by atoms with van der Waals surface area (Å²) in [5.74, 6) is -0.316. The van der Waals surface area contributed by atoms with E-state index in [1.807, 2.05) is 0 Å². The van der Waals surface area contributed by atoms with Crippen LogP contribution in [0.3, 0.4) is 0 Å². The van der Waals surface area contributed by atoms with Gasteiger partial charge >= 0.3 is 13.8 Å². The maximum atomic E-state index is 13.4. The molecule has 0 atom stereocenters. The highest BCUT2D eigenvalue weighted by Gasteiger charge is 2.36. The van der Waals surface area contributed by atoms with Crippen LogP contribution >= 0.6 is 19.2 Å². The fourth-order valence-electron chi connectivity index (χ4n) is 2.39. The molecular weight excluding hydrogens is 432 g/mol. The van der Waals surface area contributed by atoms with Gasteiger partial charge in [-0.25, -0.2) is 0 Å². The quantitative estimate of drug-likeness (QED) is 0.340. The van der Waals surface area contributed by atoms with Crippen molar-refractivity contribution in [3.63, 3.8) is 0 Å². The second-order valence-electron chi connectivity index (χ2n) is 5.77. The smallest absolute Gasteiger partial charge is 0.420 e. The second-order valence-corrected chi connectivity index (χ2v) is 8.26. The van der Waals surface area contributed by atoms with Crippen molar-refractivity contribution in [1.29, 1.82) is 0 Å². The minimum absolute atomic E-state index is 0.0987. The van der Waals surface area contributed by atoms with Gasteiger partial charge in [-0.2, -0.15) is 13.2 Å². The molecule has 29 heavy (non-hydrogen) atoms. The van der Waals surface area contributed by atoms with Crippen molar-refractivity contribution in [2.45, 2.75) is 20.0 Å². The van der Waals surface area contributed by atoms with E-state index in [2.05, 4.69) is 5.32 Å². The van der Waals surface area contributed by atoms with E-state index in [1.165, 1.54) is 24.3 Å². The summed E-state index contributed by atoms with van der Waals surface area (Å²) in [6.45, 7) is 3.59. The highest BCUT2D eigenvalue weighted by molar-refractivity contribution is 7.53. The van der Waals surface area contributed by atoms with E-state index in [0.29, 0.717) is 5.02 Å². The first-order valence-electron chi connectivity index (χ1n) is 8.64. The van der Waals surface area contributed by atoms with Gasteiger partial charge in [0.2, 0.25) is 0 Å². The molecule has 0 amide bonds. The van der Waals surface area contributed by atoms with E-state index in [4.69, 9.17) is 31.1 Å². The van der Waals surface area contributed by atoms with Crippen LogP contribution in [0.2, 0.25) is 5.02 Å². The molecular formula is C18H21ClF3N2O4P. The Morgan fingerprint density at radius 2 is 1.69 bits per heavy atom. The first-order chi connectivity index (χ1) is 13.6. The van der Waals surface area contributed by atoms with Crippen molar-refractivity contribution in [1.82, 2.24) is 0 Å². The van der Waals surface area contributed by atoms with Crippen molar-refractivity contribution in [2.24, 2.45) is 0 Å². The number of rotatable bonds is 9. The van der Waals surface area contributed by atoms with Gasteiger partial charge in [-0.1, -0.05) is 11.6 Å². The lowest BCUT2D eigenvalue weighted by Crippen LogP contribution is -2.12. The van der Waals surface area contributed by atoms with Crippen LogP contribution in [-0.2, 0) is 19.8 Å². The molecule has 2 rings (SSSR count). The van der Waals surface area contributed by atoms with E-state index < -0.39 is 25.1 Å². The monoisotopic (exact) mass is 452 g/mol. The molecule has 0 spiro atoms. The fraction of sp³-hybridized carbons (Fsp3) is 0.333. The Balaban J connectivity index is 2.36. The van der Waals surface area contributed by atoms with Gasteiger partial charge in [-0.15, -0.1) is 0 Å². The SMILES string of the molecule is CCOP(=O)(CNc1cc(Oc2ccc(Cl)cc2)c(C(F)(F)F)cc1N)OCC. The molecule has 0 aliphatic carbocycles. The van der Waals surface area contributed by atoms with E-state index in [0.717, 1.165) is 12.1 Å². The molecule has 0 saturated heterocycles. The number of alkyl halides is 3. The molecule has 11 heteroatoms. The summed E-state index contributed by atoms with van der Waals surface area (Å²) in [5.41, 5.74) is 4.63. The Bertz CT molecular complexity index is 869. The van der Waals surface area contributed by atoms with Crippen LogP contribution in [0, 0.1) is 0 Å². The van der Waals surface area contributed by atoms with Crippen molar-refractivity contribution >= 4 is 30.6 Å². The Morgan fingerprint density at radius 1 is 1.10 bits per heavy atom. The van der Waals surface area contributed by atoms with Gasteiger partial charge in [0.05, 0.1) is 24.6 Å².